The Labute approximate surface area is 130 Å². The lowest BCUT2D eigenvalue weighted by Gasteiger charge is -2.10. The fourth-order valence-electron chi connectivity index (χ4n) is 1.56. The van der Waals surface area contributed by atoms with Gasteiger partial charge in [0, 0.05) is 5.02 Å². The van der Waals surface area contributed by atoms with Gasteiger partial charge in [-0.15, -0.1) is 0 Å². The monoisotopic (exact) mass is 328 g/mol. The van der Waals surface area contributed by atoms with Gasteiger partial charge in [0.25, 0.3) is 5.91 Å². The Morgan fingerprint density at radius 3 is 2.71 bits per heavy atom. The van der Waals surface area contributed by atoms with Crippen LogP contribution < -0.4 is 15.8 Å². The molecule has 0 aliphatic rings. The normalized spacial score (nSPS) is 10.2. The average molecular weight is 329 g/mol. The number of nitrogen functional groups attached to an aromatic ring is 1. The predicted molar refractivity (Wildman–Crippen MR) is 81.4 cm³/mol. The summed E-state index contributed by atoms with van der Waals surface area (Å²) in [4.78, 5) is 11.7. The molecule has 2 aromatic rings. The van der Waals surface area contributed by atoms with E-state index in [1.54, 1.807) is 12.1 Å². The summed E-state index contributed by atoms with van der Waals surface area (Å²) in [6.07, 6.45) is 0. The van der Waals surface area contributed by atoms with Crippen molar-refractivity contribution in [2.24, 2.45) is 0 Å². The van der Waals surface area contributed by atoms with Gasteiger partial charge in [0.1, 0.15) is 11.6 Å². The van der Waals surface area contributed by atoms with Crippen molar-refractivity contribution in [1.29, 1.82) is 0 Å². The molecule has 0 heterocycles. The zero-order valence-corrected chi connectivity index (χ0v) is 12.2. The van der Waals surface area contributed by atoms with Crippen molar-refractivity contribution in [3.63, 3.8) is 0 Å². The highest BCUT2D eigenvalue weighted by Crippen LogP contribution is 2.27. The quantitative estimate of drug-likeness (QED) is 0.840. The average Bonchev–Trinajstić information content (AvgIpc) is 2.42. The Kier molecular flexibility index (Phi) is 4.88. The fourth-order valence-corrected chi connectivity index (χ4v) is 2.02. The van der Waals surface area contributed by atoms with Gasteiger partial charge in [0.05, 0.1) is 16.4 Å². The number of nitrogens with two attached hydrogens (primary N) is 1. The topological polar surface area (TPSA) is 64.3 Å². The van der Waals surface area contributed by atoms with E-state index >= 15 is 0 Å². The van der Waals surface area contributed by atoms with Gasteiger partial charge >= 0.3 is 0 Å². The molecule has 4 nitrogen and oxygen atoms in total. The van der Waals surface area contributed by atoms with Crippen LogP contribution in [0.15, 0.2) is 36.4 Å². The van der Waals surface area contributed by atoms with Gasteiger partial charge < -0.3 is 15.8 Å². The van der Waals surface area contributed by atoms with Crippen molar-refractivity contribution in [1.82, 2.24) is 0 Å². The maximum atomic E-state index is 13.1. The number of amides is 1. The molecule has 0 aliphatic heterocycles. The molecule has 0 bridgehead atoms. The number of rotatable bonds is 4. The van der Waals surface area contributed by atoms with Crippen molar-refractivity contribution < 1.29 is 13.9 Å². The zero-order valence-electron chi connectivity index (χ0n) is 10.7. The standard InChI is InChI=1S/C14H11Cl2FN2O2/c15-8-1-4-13(10(16)5-8)21-7-14(20)19-12-6-9(17)2-3-11(12)18/h1-6H,7,18H2,(H,19,20). The molecule has 110 valence electrons. The SMILES string of the molecule is Nc1ccc(F)cc1NC(=O)COc1ccc(Cl)cc1Cl. The Morgan fingerprint density at radius 2 is 2.00 bits per heavy atom. The molecule has 0 spiro atoms. The van der Waals surface area contributed by atoms with Crippen LogP contribution in [0.3, 0.4) is 0 Å². The number of ether oxygens (including phenoxy) is 1. The molecule has 3 N–H and O–H groups in total. The number of hydrogen-bond acceptors (Lipinski definition) is 3. The molecule has 0 fully saturated rings. The van der Waals surface area contributed by atoms with E-state index < -0.39 is 11.7 Å². The minimum atomic E-state index is -0.499. The first-order valence-corrected chi connectivity index (χ1v) is 6.64. The summed E-state index contributed by atoms with van der Waals surface area (Å²) in [5.41, 5.74) is 6.07. The van der Waals surface area contributed by atoms with Crippen molar-refractivity contribution in [2.75, 3.05) is 17.7 Å². The third-order valence-electron chi connectivity index (χ3n) is 2.54. The Hall–Kier alpha value is -1.98. The molecular weight excluding hydrogens is 318 g/mol. The first kappa shape index (κ1) is 15.4. The second-order valence-corrected chi connectivity index (χ2v) is 4.99. The van der Waals surface area contributed by atoms with Gasteiger partial charge in [-0.05, 0) is 36.4 Å². The van der Waals surface area contributed by atoms with Crippen LogP contribution in [-0.4, -0.2) is 12.5 Å². The molecular formula is C14H11Cl2FN2O2. The third-order valence-corrected chi connectivity index (χ3v) is 3.07. The van der Waals surface area contributed by atoms with Crippen molar-refractivity contribution >= 4 is 40.5 Å². The van der Waals surface area contributed by atoms with Crippen molar-refractivity contribution in [3.8, 4) is 5.75 Å². The van der Waals surface area contributed by atoms with Crippen LogP contribution in [0.1, 0.15) is 0 Å². The van der Waals surface area contributed by atoms with Crippen LogP contribution in [0, 0.1) is 5.82 Å². The summed E-state index contributed by atoms with van der Waals surface area (Å²) in [6, 6.07) is 8.33. The van der Waals surface area contributed by atoms with Gasteiger partial charge in [-0.3, -0.25) is 4.79 Å². The molecule has 0 atom stereocenters. The second-order valence-electron chi connectivity index (χ2n) is 4.14. The van der Waals surface area contributed by atoms with E-state index in [1.165, 1.54) is 18.2 Å². The lowest BCUT2D eigenvalue weighted by molar-refractivity contribution is -0.118. The molecule has 0 radical (unpaired) electrons. The number of halogens is 3. The fraction of sp³-hybridized carbons (Fsp3) is 0.0714. The van der Waals surface area contributed by atoms with Gasteiger partial charge in [0.2, 0.25) is 0 Å². The lowest BCUT2D eigenvalue weighted by atomic mass is 10.2. The summed E-state index contributed by atoms with van der Waals surface area (Å²) in [7, 11) is 0. The molecule has 2 aromatic carbocycles. The lowest BCUT2D eigenvalue weighted by Crippen LogP contribution is -2.21. The molecule has 2 rings (SSSR count). The number of hydrogen-bond donors (Lipinski definition) is 2. The van der Waals surface area contributed by atoms with E-state index in [1.807, 2.05) is 0 Å². The number of anilines is 2. The van der Waals surface area contributed by atoms with E-state index in [0.717, 1.165) is 6.07 Å². The predicted octanol–water partition coefficient (Wildman–Crippen LogP) is 3.73. The van der Waals surface area contributed by atoms with Crippen LogP contribution in [-0.2, 0) is 4.79 Å². The number of carbonyl (C=O) groups is 1. The highest BCUT2D eigenvalue weighted by atomic mass is 35.5. The van der Waals surface area contributed by atoms with Crippen LogP contribution in [0.2, 0.25) is 10.0 Å². The first-order chi connectivity index (χ1) is 9.95. The molecule has 7 heteroatoms. The smallest absolute Gasteiger partial charge is 0.262 e. The van der Waals surface area contributed by atoms with Crippen LogP contribution in [0.5, 0.6) is 5.75 Å². The second kappa shape index (κ2) is 6.65. The maximum Gasteiger partial charge on any atom is 0.262 e. The van der Waals surface area contributed by atoms with E-state index in [9.17, 15) is 9.18 Å². The summed E-state index contributed by atoms with van der Waals surface area (Å²) in [5, 5.41) is 3.21. The number of benzene rings is 2. The van der Waals surface area contributed by atoms with Gasteiger partial charge in [-0.1, -0.05) is 23.2 Å². The van der Waals surface area contributed by atoms with Gasteiger partial charge in [0.15, 0.2) is 6.61 Å². The summed E-state index contributed by atoms with van der Waals surface area (Å²) < 4.78 is 18.3. The summed E-state index contributed by atoms with van der Waals surface area (Å²) >= 11 is 11.7. The van der Waals surface area contributed by atoms with Crippen LogP contribution in [0.4, 0.5) is 15.8 Å². The Bertz CT molecular complexity index is 680. The molecule has 0 saturated heterocycles. The highest BCUT2D eigenvalue weighted by molar-refractivity contribution is 6.35. The number of nitrogens with one attached hydrogen (secondary N) is 1. The largest absolute Gasteiger partial charge is 0.482 e. The van der Waals surface area contributed by atoms with Gasteiger partial charge in [-0.2, -0.15) is 0 Å². The van der Waals surface area contributed by atoms with E-state index in [4.69, 9.17) is 33.7 Å². The van der Waals surface area contributed by atoms with Crippen LogP contribution >= 0.6 is 23.2 Å². The van der Waals surface area contributed by atoms with Crippen molar-refractivity contribution in [3.05, 3.63) is 52.3 Å². The Morgan fingerprint density at radius 1 is 1.24 bits per heavy atom. The maximum absolute atomic E-state index is 13.1. The molecule has 1 amide bonds. The van der Waals surface area contributed by atoms with E-state index in [2.05, 4.69) is 5.32 Å². The molecule has 0 aliphatic carbocycles. The Balaban J connectivity index is 1.97. The van der Waals surface area contributed by atoms with E-state index in [-0.39, 0.29) is 18.0 Å². The van der Waals surface area contributed by atoms with Gasteiger partial charge in [-0.25, -0.2) is 4.39 Å². The third kappa shape index (κ3) is 4.24. The first-order valence-electron chi connectivity index (χ1n) is 5.88. The highest BCUT2D eigenvalue weighted by Gasteiger charge is 2.09. The molecule has 0 unspecified atom stereocenters. The van der Waals surface area contributed by atoms with Crippen molar-refractivity contribution in [2.45, 2.75) is 0 Å². The molecule has 0 saturated carbocycles. The minimum absolute atomic E-state index is 0.186. The summed E-state index contributed by atoms with van der Waals surface area (Å²) in [6.45, 7) is -0.294. The number of carbonyl (C=O) groups excluding carboxylic acids is 1. The summed E-state index contributed by atoms with van der Waals surface area (Å²) in [5.74, 6) is -0.664. The minimum Gasteiger partial charge on any atom is -0.482 e. The molecule has 0 aromatic heterocycles. The zero-order chi connectivity index (χ0) is 15.4. The van der Waals surface area contributed by atoms with Crippen LogP contribution in [0.25, 0.3) is 0 Å². The van der Waals surface area contributed by atoms with E-state index in [0.29, 0.717) is 15.8 Å². The molecule has 21 heavy (non-hydrogen) atoms.